The molecule has 0 radical (unpaired) electrons. The lowest BCUT2D eigenvalue weighted by molar-refractivity contribution is 0.00988. The Hall–Kier alpha value is -3.10. The fourth-order valence-electron chi connectivity index (χ4n) is 5.53. The Morgan fingerprint density at radius 1 is 1.24 bits per heavy atom. The summed E-state index contributed by atoms with van der Waals surface area (Å²) < 4.78 is 18.9. The number of amides is 2. The molecule has 0 aliphatic carbocycles. The van der Waals surface area contributed by atoms with E-state index >= 15 is 0 Å². The van der Waals surface area contributed by atoms with Crippen LogP contribution >= 0.6 is 0 Å². The van der Waals surface area contributed by atoms with Gasteiger partial charge in [-0.1, -0.05) is 19.1 Å². The van der Waals surface area contributed by atoms with Crippen LogP contribution in [0.5, 0.6) is 5.75 Å². The van der Waals surface area contributed by atoms with Crippen LogP contribution in [0, 0.1) is 5.82 Å². The van der Waals surface area contributed by atoms with E-state index in [4.69, 9.17) is 4.74 Å². The van der Waals surface area contributed by atoms with E-state index < -0.39 is 0 Å². The van der Waals surface area contributed by atoms with Crippen molar-refractivity contribution in [2.45, 2.75) is 31.3 Å². The maximum Gasteiger partial charge on any atom is 0.317 e. The van der Waals surface area contributed by atoms with Gasteiger partial charge in [0, 0.05) is 60.8 Å². The lowest BCUT2D eigenvalue weighted by Crippen LogP contribution is -2.68. The number of fused-ring (bicyclic) bond motifs is 4. The van der Waals surface area contributed by atoms with Gasteiger partial charge in [-0.25, -0.2) is 9.18 Å². The molecule has 5 rings (SSSR count). The van der Waals surface area contributed by atoms with Crippen molar-refractivity contribution in [1.29, 1.82) is 0 Å². The van der Waals surface area contributed by atoms with Crippen LogP contribution < -0.4 is 10.1 Å². The summed E-state index contributed by atoms with van der Waals surface area (Å²) in [4.78, 5) is 20.3. The van der Waals surface area contributed by atoms with Crippen molar-refractivity contribution in [3.8, 4) is 5.75 Å². The smallest absolute Gasteiger partial charge is 0.317 e. The number of hydrogen-bond acceptors (Lipinski definition) is 4. The molecule has 2 aliphatic rings. The summed E-state index contributed by atoms with van der Waals surface area (Å²) in [5.74, 6) is 0.496. The fourth-order valence-corrected chi connectivity index (χ4v) is 5.53. The minimum atomic E-state index is -0.267. The van der Waals surface area contributed by atoms with Gasteiger partial charge in [0.25, 0.3) is 0 Å². The third kappa shape index (κ3) is 3.80. The van der Waals surface area contributed by atoms with Crippen LogP contribution in [0.25, 0.3) is 10.9 Å². The van der Waals surface area contributed by atoms with Crippen LogP contribution in [-0.4, -0.2) is 65.8 Å². The Balaban J connectivity index is 1.54. The highest BCUT2D eigenvalue weighted by Gasteiger charge is 2.54. The van der Waals surface area contributed by atoms with Crippen LogP contribution in [0.15, 0.2) is 42.5 Å². The number of aliphatic hydroxyl groups excluding tert-OH is 1. The number of methoxy groups -OCH3 is 1. The number of halogens is 1. The molecule has 2 aliphatic heterocycles. The number of nitrogens with zero attached hydrogens (tertiary/aromatic N) is 2. The lowest BCUT2D eigenvalue weighted by atomic mass is 9.68. The van der Waals surface area contributed by atoms with Gasteiger partial charge < -0.3 is 25.0 Å². The predicted molar refractivity (Wildman–Crippen MR) is 128 cm³/mol. The van der Waals surface area contributed by atoms with E-state index in [1.165, 1.54) is 17.7 Å². The Labute approximate surface area is 198 Å². The normalized spacial score (nSPS) is 19.2. The molecule has 34 heavy (non-hydrogen) atoms. The van der Waals surface area contributed by atoms with E-state index in [1.54, 1.807) is 19.2 Å². The molecule has 3 heterocycles. The van der Waals surface area contributed by atoms with Crippen molar-refractivity contribution in [3.63, 3.8) is 0 Å². The predicted octanol–water partition coefficient (Wildman–Crippen LogP) is 3.54. The lowest BCUT2D eigenvalue weighted by Gasteiger charge is -2.56. The van der Waals surface area contributed by atoms with Gasteiger partial charge in [0.1, 0.15) is 11.6 Å². The Morgan fingerprint density at radius 2 is 2.00 bits per heavy atom. The van der Waals surface area contributed by atoms with Gasteiger partial charge in [-0.2, -0.15) is 0 Å². The molecule has 1 fully saturated rings. The molecule has 180 valence electrons. The average Bonchev–Trinajstić information content (AvgIpc) is 3.20. The van der Waals surface area contributed by atoms with Gasteiger partial charge in [0.15, 0.2) is 0 Å². The zero-order chi connectivity index (χ0) is 23.9. The van der Waals surface area contributed by atoms with Gasteiger partial charge in [-0.15, -0.1) is 0 Å². The number of aromatic amines is 1. The van der Waals surface area contributed by atoms with Gasteiger partial charge in [-0.05, 0) is 41.8 Å². The first-order chi connectivity index (χ1) is 16.5. The van der Waals surface area contributed by atoms with Crippen molar-refractivity contribution in [3.05, 3.63) is 65.1 Å². The Bertz CT molecular complexity index is 1190. The minimum absolute atomic E-state index is 0.0371. The average molecular weight is 467 g/mol. The molecule has 0 unspecified atom stereocenters. The van der Waals surface area contributed by atoms with E-state index in [-0.39, 0.29) is 29.9 Å². The number of aromatic nitrogens is 1. The standard InChI is InChI=1S/C26H31FN4O3/c1-3-10-28-25(33)31-15-26(16-31)14-30(12-17-4-6-18(27)7-5-17)22(13-32)24-23(26)20-9-8-19(34-2)11-21(20)29-24/h4-9,11,22,29,32H,3,10,12-16H2,1-2H3,(H,28,33)/t22-/m0/s1. The summed E-state index contributed by atoms with van der Waals surface area (Å²) in [5, 5.41) is 14.5. The van der Waals surface area contributed by atoms with Crippen molar-refractivity contribution < 1.29 is 19.0 Å². The summed E-state index contributed by atoms with van der Waals surface area (Å²) in [7, 11) is 1.64. The van der Waals surface area contributed by atoms with Gasteiger partial charge in [-0.3, -0.25) is 4.90 Å². The summed E-state index contributed by atoms with van der Waals surface area (Å²) in [6.45, 7) is 5.12. The number of nitrogens with one attached hydrogen (secondary N) is 2. The molecule has 1 atom stereocenters. The van der Waals surface area contributed by atoms with Crippen molar-refractivity contribution in [1.82, 2.24) is 20.1 Å². The molecule has 2 aromatic carbocycles. The third-order valence-corrected chi connectivity index (χ3v) is 7.12. The van der Waals surface area contributed by atoms with Crippen molar-refractivity contribution in [2.75, 3.05) is 39.9 Å². The molecule has 2 amide bonds. The SMILES string of the molecule is CCCNC(=O)N1CC2(C1)CN(Cc1ccc(F)cc1)[C@@H](CO)c1[nH]c3cc(OC)ccc3c12. The first-order valence-electron chi connectivity index (χ1n) is 11.8. The number of rotatable bonds is 6. The first kappa shape index (κ1) is 22.7. The highest BCUT2D eigenvalue weighted by atomic mass is 19.1. The molecule has 0 saturated carbocycles. The van der Waals surface area contributed by atoms with Crippen molar-refractivity contribution in [2.24, 2.45) is 0 Å². The Kier molecular flexibility index (Phi) is 5.95. The number of benzene rings is 2. The maximum atomic E-state index is 13.5. The van der Waals surface area contributed by atoms with Crippen LogP contribution in [0.3, 0.4) is 0 Å². The van der Waals surface area contributed by atoms with Gasteiger partial charge in [0.05, 0.1) is 19.8 Å². The molecule has 1 saturated heterocycles. The monoisotopic (exact) mass is 466 g/mol. The van der Waals surface area contributed by atoms with Crippen LogP contribution in [-0.2, 0) is 12.0 Å². The van der Waals surface area contributed by atoms with E-state index in [2.05, 4.69) is 21.3 Å². The molecular formula is C26H31FN4O3. The highest BCUT2D eigenvalue weighted by Crippen LogP contribution is 2.48. The van der Waals surface area contributed by atoms with Crippen LogP contribution in [0.4, 0.5) is 9.18 Å². The number of likely N-dealkylation sites (tertiary alicyclic amines) is 1. The van der Waals surface area contributed by atoms with Crippen LogP contribution in [0.1, 0.15) is 36.2 Å². The summed E-state index contributed by atoms with van der Waals surface area (Å²) in [5.41, 5.74) is 3.84. The van der Waals surface area contributed by atoms with E-state index in [0.29, 0.717) is 32.7 Å². The zero-order valence-electron chi connectivity index (χ0n) is 19.6. The topological polar surface area (TPSA) is 80.8 Å². The number of carbonyl (C=O) groups is 1. The number of carbonyl (C=O) groups excluding carboxylic acids is 1. The minimum Gasteiger partial charge on any atom is -0.497 e. The van der Waals surface area contributed by atoms with Gasteiger partial charge >= 0.3 is 6.03 Å². The molecule has 7 nitrogen and oxygen atoms in total. The van der Waals surface area contributed by atoms with Gasteiger partial charge in [0.2, 0.25) is 0 Å². The number of urea groups is 1. The third-order valence-electron chi connectivity index (χ3n) is 7.12. The van der Waals surface area contributed by atoms with Crippen LogP contribution in [0.2, 0.25) is 0 Å². The summed E-state index contributed by atoms with van der Waals surface area (Å²) in [6, 6.07) is 12.2. The van der Waals surface area contributed by atoms with E-state index in [1.807, 2.05) is 24.0 Å². The molecule has 1 spiro atoms. The molecule has 8 heteroatoms. The number of ether oxygens (including phenoxy) is 1. The number of H-pyrrole nitrogens is 1. The maximum absolute atomic E-state index is 13.5. The Morgan fingerprint density at radius 3 is 2.68 bits per heavy atom. The molecule has 3 N–H and O–H groups in total. The zero-order valence-corrected chi connectivity index (χ0v) is 19.6. The molecule has 3 aromatic rings. The summed E-state index contributed by atoms with van der Waals surface area (Å²) >= 11 is 0. The quantitative estimate of drug-likeness (QED) is 0.519. The summed E-state index contributed by atoms with van der Waals surface area (Å²) in [6.07, 6.45) is 0.892. The number of aliphatic hydroxyl groups is 1. The molecule has 1 aromatic heterocycles. The first-order valence-corrected chi connectivity index (χ1v) is 11.8. The second-order valence-corrected chi connectivity index (χ2v) is 9.42. The van der Waals surface area contributed by atoms with E-state index in [9.17, 15) is 14.3 Å². The largest absolute Gasteiger partial charge is 0.497 e. The van der Waals surface area contributed by atoms with Crippen molar-refractivity contribution >= 4 is 16.9 Å². The fraction of sp³-hybridized carbons (Fsp3) is 0.423. The second kappa shape index (κ2) is 8.92. The molecular weight excluding hydrogens is 435 g/mol. The highest BCUT2D eigenvalue weighted by molar-refractivity contribution is 5.88. The van der Waals surface area contributed by atoms with E-state index in [0.717, 1.165) is 34.3 Å². The second-order valence-electron chi connectivity index (χ2n) is 9.42. The molecule has 0 bridgehead atoms. The number of hydrogen-bond donors (Lipinski definition) is 3.